The lowest BCUT2D eigenvalue weighted by Crippen LogP contribution is -2.12. The highest BCUT2D eigenvalue weighted by Gasteiger charge is 2.23. The summed E-state index contributed by atoms with van der Waals surface area (Å²) in [4.78, 5) is 2.48. The van der Waals surface area contributed by atoms with Crippen molar-refractivity contribution in [2.24, 2.45) is 0 Å². The number of nitrogens with zero attached hydrogens (tertiary/aromatic N) is 1. The molecule has 0 saturated carbocycles. The quantitative estimate of drug-likeness (QED) is 0.147. The van der Waals surface area contributed by atoms with Gasteiger partial charge in [-0.05, 0) is 126 Å². The van der Waals surface area contributed by atoms with Gasteiger partial charge in [-0.15, -0.1) is 0 Å². The third-order valence-corrected chi connectivity index (χ3v) is 12.1. The lowest BCUT2D eigenvalue weighted by Gasteiger charge is -2.31. The van der Waals surface area contributed by atoms with Crippen molar-refractivity contribution in [2.75, 3.05) is 4.90 Å². The molecule has 0 aliphatic heterocycles. The molecule has 59 heavy (non-hydrogen) atoms. The van der Waals surface area contributed by atoms with Crippen LogP contribution in [0.25, 0.3) is 82.9 Å². The average Bonchev–Trinajstić information content (AvgIpc) is 3.32. The minimum atomic E-state index is 1.05. The van der Waals surface area contributed by atoms with Gasteiger partial charge in [0, 0.05) is 16.8 Å². The highest BCUT2D eigenvalue weighted by Crippen LogP contribution is 2.47. The summed E-state index contributed by atoms with van der Waals surface area (Å²) in [5.41, 5.74) is 15.7. The zero-order valence-electron chi connectivity index (χ0n) is 32.7. The van der Waals surface area contributed by atoms with E-state index in [0.29, 0.717) is 0 Å². The smallest absolute Gasteiger partial charge is 0.0546 e. The SMILES string of the molecule is C1=Cc2c(cc(-c3ccc(-c4ccccc4)c(N(c4ccc(-c5ccc6c(ccc7ccccc76)c5)cc4)c4ccccc4-c4ccccc4)c3)c3ccccc23)CC1. The van der Waals surface area contributed by atoms with Crippen LogP contribution in [0.5, 0.6) is 0 Å². The summed E-state index contributed by atoms with van der Waals surface area (Å²) in [6.45, 7) is 0. The minimum absolute atomic E-state index is 1.05. The van der Waals surface area contributed by atoms with Gasteiger partial charge >= 0.3 is 0 Å². The number of allylic oxidation sites excluding steroid dienone is 1. The van der Waals surface area contributed by atoms with E-state index in [9.17, 15) is 0 Å². The normalized spacial score (nSPS) is 12.2. The van der Waals surface area contributed by atoms with Gasteiger partial charge in [0.15, 0.2) is 0 Å². The highest BCUT2D eigenvalue weighted by atomic mass is 15.1. The number of fused-ring (bicyclic) bond motifs is 6. The number of benzene rings is 10. The summed E-state index contributed by atoms with van der Waals surface area (Å²) in [6.07, 6.45) is 6.76. The molecule has 0 spiro atoms. The fraction of sp³-hybridized carbons (Fsp3) is 0.0345. The number of anilines is 3. The molecule has 11 rings (SSSR count). The zero-order chi connectivity index (χ0) is 39.1. The number of hydrogen-bond donors (Lipinski definition) is 0. The van der Waals surface area contributed by atoms with Crippen molar-refractivity contribution in [3.05, 3.63) is 230 Å². The Kier molecular flexibility index (Phi) is 8.71. The van der Waals surface area contributed by atoms with E-state index in [1.807, 2.05) is 0 Å². The molecule has 0 fully saturated rings. The van der Waals surface area contributed by atoms with Crippen LogP contribution in [0.15, 0.2) is 218 Å². The summed E-state index contributed by atoms with van der Waals surface area (Å²) < 4.78 is 0. The number of rotatable bonds is 7. The number of para-hydroxylation sites is 1. The predicted octanol–water partition coefficient (Wildman–Crippen LogP) is 16.2. The van der Waals surface area contributed by atoms with Crippen molar-refractivity contribution < 1.29 is 0 Å². The van der Waals surface area contributed by atoms with Crippen LogP contribution in [-0.2, 0) is 6.42 Å². The van der Waals surface area contributed by atoms with E-state index in [1.54, 1.807) is 0 Å². The summed E-state index contributed by atoms with van der Waals surface area (Å²) in [7, 11) is 0. The molecule has 0 amide bonds. The summed E-state index contributed by atoms with van der Waals surface area (Å²) in [6, 6.07) is 78.1. The summed E-state index contributed by atoms with van der Waals surface area (Å²) >= 11 is 0. The Hall–Kier alpha value is -7.48. The van der Waals surface area contributed by atoms with Crippen molar-refractivity contribution in [1.82, 2.24) is 0 Å². The highest BCUT2D eigenvalue weighted by molar-refractivity contribution is 6.09. The largest absolute Gasteiger partial charge is 0.309 e. The van der Waals surface area contributed by atoms with E-state index in [1.165, 1.54) is 88.0 Å². The second-order valence-electron chi connectivity index (χ2n) is 15.6. The van der Waals surface area contributed by atoms with Gasteiger partial charge in [0.05, 0.1) is 11.4 Å². The van der Waals surface area contributed by atoms with E-state index in [-0.39, 0.29) is 0 Å². The Balaban J connectivity index is 1.12. The molecule has 10 aromatic carbocycles. The van der Waals surface area contributed by atoms with Crippen LogP contribution in [0.1, 0.15) is 17.5 Å². The van der Waals surface area contributed by atoms with Crippen LogP contribution in [0.3, 0.4) is 0 Å². The molecule has 0 atom stereocenters. The molecule has 0 aromatic heterocycles. The minimum Gasteiger partial charge on any atom is -0.309 e. The summed E-state index contributed by atoms with van der Waals surface area (Å²) in [5.74, 6) is 0. The predicted molar refractivity (Wildman–Crippen MR) is 253 cm³/mol. The Morgan fingerprint density at radius 2 is 0.949 bits per heavy atom. The molecule has 0 heterocycles. The number of hydrogen-bond acceptors (Lipinski definition) is 1. The van der Waals surface area contributed by atoms with Gasteiger partial charge in [-0.25, -0.2) is 0 Å². The molecule has 10 aromatic rings. The molecule has 1 nitrogen and oxygen atoms in total. The summed E-state index contributed by atoms with van der Waals surface area (Å²) in [5, 5.41) is 7.68. The molecule has 278 valence electrons. The third kappa shape index (κ3) is 6.29. The van der Waals surface area contributed by atoms with Gasteiger partial charge in [0.1, 0.15) is 0 Å². The van der Waals surface area contributed by atoms with Crippen LogP contribution >= 0.6 is 0 Å². The molecule has 0 radical (unpaired) electrons. The molecular formula is C58H41N. The van der Waals surface area contributed by atoms with E-state index in [4.69, 9.17) is 0 Å². The fourth-order valence-corrected chi connectivity index (χ4v) is 9.22. The zero-order valence-corrected chi connectivity index (χ0v) is 32.7. The number of aryl methyl sites for hydroxylation is 1. The molecule has 0 N–H and O–H groups in total. The molecule has 0 unspecified atom stereocenters. The lowest BCUT2D eigenvalue weighted by atomic mass is 9.86. The van der Waals surface area contributed by atoms with Gasteiger partial charge in [-0.2, -0.15) is 0 Å². The Morgan fingerprint density at radius 1 is 0.339 bits per heavy atom. The second kappa shape index (κ2) is 14.8. The Morgan fingerprint density at radius 3 is 1.75 bits per heavy atom. The van der Waals surface area contributed by atoms with Gasteiger partial charge in [-0.3, -0.25) is 0 Å². The molecule has 1 aliphatic rings. The van der Waals surface area contributed by atoms with Gasteiger partial charge in [0.25, 0.3) is 0 Å². The average molecular weight is 752 g/mol. The van der Waals surface area contributed by atoms with Crippen molar-refractivity contribution >= 4 is 55.5 Å². The van der Waals surface area contributed by atoms with E-state index >= 15 is 0 Å². The Labute approximate surface area is 345 Å². The maximum Gasteiger partial charge on any atom is 0.0546 e. The standard InChI is InChI=1S/C58H41N/c1-3-15-41(16-4-1)52-23-13-14-26-57(52)59(48-33-29-40(30-34-48)44-31-35-51-46(37-44)28-27-43-19-7-9-21-49(43)51)58-39-47(32-36-53(58)42-17-5-2-6-18-42)56-38-45-20-8-10-22-50(45)54-24-11-12-25-55(54)56/h1-7,9-19,21-39H,8,20H2. The van der Waals surface area contributed by atoms with Crippen molar-refractivity contribution in [3.8, 4) is 44.5 Å². The van der Waals surface area contributed by atoms with E-state index in [0.717, 1.165) is 29.9 Å². The van der Waals surface area contributed by atoms with Crippen LogP contribution in [-0.4, -0.2) is 0 Å². The molecule has 0 saturated heterocycles. The topological polar surface area (TPSA) is 3.24 Å². The van der Waals surface area contributed by atoms with E-state index in [2.05, 4.69) is 229 Å². The van der Waals surface area contributed by atoms with Crippen LogP contribution < -0.4 is 4.90 Å². The van der Waals surface area contributed by atoms with Crippen molar-refractivity contribution in [3.63, 3.8) is 0 Å². The van der Waals surface area contributed by atoms with Crippen molar-refractivity contribution in [1.29, 1.82) is 0 Å². The van der Waals surface area contributed by atoms with Crippen LogP contribution in [0, 0.1) is 0 Å². The molecule has 1 heteroatoms. The monoisotopic (exact) mass is 751 g/mol. The van der Waals surface area contributed by atoms with Crippen LogP contribution in [0.2, 0.25) is 0 Å². The second-order valence-corrected chi connectivity index (χ2v) is 15.6. The lowest BCUT2D eigenvalue weighted by molar-refractivity contribution is 0.990. The first-order valence-electron chi connectivity index (χ1n) is 20.6. The Bertz CT molecular complexity index is 3190. The first-order chi connectivity index (χ1) is 29.3. The maximum absolute atomic E-state index is 2.48. The third-order valence-electron chi connectivity index (χ3n) is 12.1. The molecular weight excluding hydrogens is 711 g/mol. The molecule has 0 bridgehead atoms. The van der Waals surface area contributed by atoms with Crippen LogP contribution in [0.4, 0.5) is 17.1 Å². The first kappa shape index (κ1) is 34.7. The van der Waals surface area contributed by atoms with Gasteiger partial charge in [-0.1, -0.05) is 188 Å². The van der Waals surface area contributed by atoms with Gasteiger partial charge in [0.2, 0.25) is 0 Å². The van der Waals surface area contributed by atoms with E-state index < -0.39 is 0 Å². The first-order valence-corrected chi connectivity index (χ1v) is 20.6. The van der Waals surface area contributed by atoms with Gasteiger partial charge < -0.3 is 4.90 Å². The van der Waals surface area contributed by atoms with Crippen molar-refractivity contribution in [2.45, 2.75) is 12.8 Å². The fourth-order valence-electron chi connectivity index (χ4n) is 9.22. The molecule has 1 aliphatic carbocycles. The maximum atomic E-state index is 2.48.